The van der Waals surface area contributed by atoms with Crippen molar-refractivity contribution < 1.29 is 23.9 Å². The molecule has 2 aliphatic rings. The van der Waals surface area contributed by atoms with Crippen LogP contribution in [0.25, 0.3) is 0 Å². The predicted molar refractivity (Wildman–Crippen MR) is 77.6 cm³/mol. The summed E-state index contributed by atoms with van der Waals surface area (Å²) in [6, 6.07) is 0. The zero-order valence-corrected chi connectivity index (χ0v) is 13.2. The molecule has 1 aliphatic carbocycles. The third kappa shape index (κ3) is 3.14. The van der Waals surface area contributed by atoms with Gasteiger partial charge in [0, 0.05) is 20.3 Å². The van der Waals surface area contributed by atoms with Crippen molar-refractivity contribution in [1.82, 2.24) is 0 Å². The van der Waals surface area contributed by atoms with E-state index in [1.54, 1.807) is 0 Å². The Hall–Kier alpha value is -0.690. The van der Waals surface area contributed by atoms with Crippen LogP contribution in [-0.4, -0.2) is 45.5 Å². The van der Waals surface area contributed by atoms with Gasteiger partial charge < -0.3 is 9.47 Å². The largest absolute Gasteiger partial charge is 0.458 e. The van der Waals surface area contributed by atoms with Crippen LogP contribution in [0.1, 0.15) is 33.1 Å². The van der Waals surface area contributed by atoms with Gasteiger partial charge in [0.15, 0.2) is 16.0 Å². The van der Waals surface area contributed by atoms with Crippen LogP contribution in [0.5, 0.6) is 0 Å². The summed E-state index contributed by atoms with van der Waals surface area (Å²) in [6.07, 6.45) is 0.567. The number of hydrogen-bond acceptors (Lipinski definition) is 7. The van der Waals surface area contributed by atoms with E-state index in [1.165, 1.54) is 37.4 Å². The molecule has 0 aromatic rings. The Bertz CT molecular complexity index is 417. The normalized spacial score (nSPS) is 29.0. The summed E-state index contributed by atoms with van der Waals surface area (Å²) < 4.78 is 9.87. The van der Waals surface area contributed by atoms with Crippen molar-refractivity contribution in [3.8, 4) is 0 Å². The van der Waals surface area contributed by atoms with Gasteiger partial charge in [-0.2, -0.15) is 0 Å². The quantitative estimate of drug-likeness (QED) is 0.719. The van der Waals surface area contributed by atoms with Gasteiger partial charge in [-0.25, -0.2) is 0 Å². The molecule has 1 aliphatic heterocycles. The van der Waals surface area contributed by atoms with Crippen LogP contribution in [0, 0.1) is 0 Å². The first-order valence-electron chi connectivity index (χ1n) is 6.61. The highest BCUT2D eigenvalue weighted by molar-refractivity contribution is 8.20. The Morgan fingerprint density at radius 1 is 1.15 bits per heavy atom. The lowest BCUT2D eigenvalue weighted by Crippen LogP contribution is -2.57. The summed E-state index contributed by atoms with van der Waals surface area (Å²) in [5.41, 5.74) is 0. The number of ketones is 1. The first-order valence-corrected chi connectivity index (χ1v) is 8.58. The molecule has 112 valence electrons. The third-order valence-electron chi connectivity index (χ3n) is 3.29. The lowest BCUT2D eigenvalue weighted by Gasteiger charge is -2.45. The van der Waals surface area contributed by atoms with Gasteiger partial charge in [-0.05, 0) is 24.3 Å². The Balaban J connectivity index is 2.29. The molecule has 0 N–H and O–H groups in total. The fraction of sp³-hybridized carbons (Fsp3) is 0.769. The van der Waals surface area contributed by atoms with Crippen molar-refractivity contribution in [2.75, 3.05) is 11.5 Å². The second-order valence-corrected chi connectivity index (χ2v) is 7.80. The van der Waals surface area contributed by atoms with Gasteiger partial charge in [-0.1, -0.05) is 0 Å². The highest BCUT2D eigenvalue weighted by Crippen LogP contribution is 2.51. The lowest BCUT2D eigenvalue weighted by molar-refractivity contribution is -0.170. The SMILES string of the molecule is CC(=O)O[C@@H]1[C@H](OC(C)=O)CCC(=O)C12SCCCS2. The number of Topliss-reactive ketones (excluding diaryl/α,β-unsaturated/α-hetero) is 1. The van der Waals surface area contributed by atoms with E-state index in [1.807, 2.05) is 0 Å². The van der Waals surface area contributed by atoms with Crippen molar-refractivity contribution in [3.05, 3.63) is 0 Å². The van der Waals surface area contributed by atoms with Crippen LogP contribution >= 0.6 is 23.5 Å². The molecule has 2 rings (SSSR count). The maximum absolute atomic E-state index is 12.4. The molecule has 2 atom stereocenters. The van der Waals surface area contributed by atoms with Crippen LogP contribution in [0.3, 0.4) is 0 Å². The summed E-state index contributed by atoms with van der Waals surface area (Å²) in [6.45, 7) is 2.64. The molecule has 0 bridgehead atoms. The number of esters is 2. The van der Waals surface area contributed by atoms with E-state index in [4.69, 9.17) is 9.47 Å². The molecule has 0 aromatic carbocycles. The molecule has 0 amide bonds. The number of carbonyl (C=O) groups is 3. The molecule has 7 heteroatoms. The number of hydrogen-bond donors (Lipinski definition) is 0. The molecule has 1 spiro atoms. The molecule has 0 radical (unpaired) electrons. The Labute approximate surface area is 126 Å². The first kappa shape index (κ1) is 15.7. The third-order valence-corrected chi connectivity index (χ3v) is 6.76. The molecule has 0 aromatic heterocycles. The average molecular weight is 318 g/mol. The van der Waals surface area contributed by atoms with E-state index in [2.05, 4.69) is 0 Å². The van der Waals surface area contributed by atoms with E-state index >= 15 is 0 Å². The maximum atomic E-state index is 12.4. The van der Waals surface area contributed by atoms with E-state index < -0.39 is 28.2 Å². The van der Waals surface area contributed by atoms with Gasteiger partial charge in [-0.15, -0.1) is 23.5 Å². The Morgan fingerprint density at radius 2 is 1.75 bits per heavy atom. The number of carbonyl (C=O) groups excluding carboxylic acids is 3. The molecule has 2 fully saturated rings. The fourth-order valence-electron chi connectivity index (χ4n) is 2.54. The average Bonchev–Trinajstić information content (AvgIpc) is 2.39. The predicted octanol–water partition coefficient (Wildman–Crippen LogP) is 1.78. The summed E-state index contributed by atoms with van der Waals surface area (Å²) >= 11 is 3.04. The van der Waals surface area contributed by atoms with Gasteiger partial charge in [0.25, 0.3) is 0 Å². The van der Waals surface area contributed by atoms with Crippen LogP contribution in [0.2, 0.25) is 0 Å². The summed E-state index contributed by atoms with van der Waals surface area (Å²) in [5.74, 6) is 0.921. The minimum Gasteiger partial charge on any atom is -0.458 e. The van der Waals surface area contributed by atoms with Gasteiger partial charge in [0.05, 0.1) is 0 Å². The van der Waals surface area contributed by atoms with E-state index in [-0.39, 0.29) is 5.78 Å². The molecule has 20 heavy (non-hydrogen) atoms. The topological polar surface area (TPSA) is 69.7 Å². The molecule has 0 unspecified atom stereocenters. The highest BCUT2D eigenvalue weighted by Gasteiger charge is 2.56. The van der Waals surface area contributed by atoms with Gasteiger partial charge in [0.2, 0.25) is 0 Å². The minimum atomic E-state index is -0.803. The Morgan fingerprint density at radius 3 is 2.30 bits per heavy atom. The number of ether oxygens (including phenoxy) is 2. The molecule has 1 saturated heterocycles. The fourth-order valence-corrected chi connectivity index (χ4v) is 6.00. The minimum absolute atomic E-state index is 0.0850. The van der Waals surface area contributed by atoms with Crippen LogP contribution in [0.4, 0.5) is 0 Å². The summed E-state index contributed by atoms with van der Waals surface area (Å²) in [7, 11) is 0. The monoisotopic (exact) mass is 318 g/mol. The van der Waals surface area contributed by atoms with Gasteiger partial charge >= 0.3 is 11.9 Å². The molecular formula is C13H18O5S2. The molecule has 1 saturated carbocycles. The summed E-state index contributed by atoms with van der Waals surface area (Å²) in [5, 5.41) is 0. The standard InChI is InChI=1S/C13H18O5S2/c1-8(14)17-10-4-5-11(16)13(12(10)18-9(2)15)19-6-3-7-20-13/h10,12H,3-7H2,1-2H3/t10-,12-/m1/s1. The zero-order chi connectivity index (χ0) is 14.8. The van der Waals surface area contributed by atoms with Crippen LogP contribution in [0.15, 0.2) is 0 Å². The van der Waals surface area contributed by atoms with Crippen LogP contribution in [-0.2, 0) is 23.9 Å². The van der Waals surface area contributed by atoms with Crippen molar-refractivity contribution in [3.63, 3.8) is 0 Å². The number of thioether (sulfide) groups is 2. The van der Waals surface area contributed by atoms with Crippen molar-refractivity contribution >= 4 is 41.2 Å². The number of rotatable bonds is 2. The second kappa shape index (κ2) is 6.39. The van der Waals surface area contributed by atoms with E-state index in [0.717, 1.165) is 17.9 Å². The summed E-state index contributed by atoms with van der Waals surface area (Å²) in [4.78, 5) is 35.0. The maximum Gasteiger partial charge on any atom is 0.303 e. The zero-order valence-electron chi connectivity index (χ0n) is 11.5. The first-order chi connectivity index (χ1) is 9.45. The van der Waals surface area contributed by atoms with Gasteiger partial charge in [0.1, 0.15) is 6.10 Å². The van der Waals surface area contributed by atoms with Gasteiger partial charge in [-0.3, -0.25) is 14.4 Å². The molecule has 1 heterocycles. The van der Waals surface area contributed by atoms with Crippen LogP contribution < -0.4 is 0 Å². The van der Waals surface area contributed by atoms with Crippen molar-refractivity contribution in [1.29, 1.82) is 0 Å². The van der Waals surface area contributed by atoms with Crippen molar-refractivity contribution in [2.24, 2.45) is 0 Å². The van der Waals surface area contributed by atoms with Crippen molar-refractivity contribution in [2.45, 2.75) is 49.4 Å². The molecular weight excluding hydrogens is 300 g/mol. The Kier molecular flexibility index (Phi) is 5.01. The second-order valence-electron chi connectivity index (χ2n) is 4.86. The molecule has 5 nitrogen and oxygen atoms in total. The highest BCUT2D eigenvalue weighted by atomic mass is 32.2. The van der Waals surface area contributed by atoms with E-state index in [9.17, 15) is 14.4 Å². The van der Waals surface area contributed by atoms with E-state index in [0.29, 0.717) is 12.8 Å². The smallest absolute Gasteiger partial charge is 0.303 e. The lowest BCUT2D eigenvalue weighted by atomic mass is 9.92.